The van der Waals surface area contributed by atoms with Crippen LogP contribution in [0.4, 0.5) is 13.2 Å². The van der Waals surface area contributed by atoms with Crippen LogP contribution in [0.2, 0.25) is 0 Å². The highest BCUT2D eigenvalue weighted by Gasteiger charge is 2.26. The predicted octanol–water partition coefficient (Wildman–Crippen LogP) is 4.36. The van der Waals surface area contributed by atoms with Crippen LogP contribution < -0.4 is 5.73 Å². The van der Waals surface area contributed by atoms with Gasteiger partial charge in [-0.15, -0.1) is 0 Å². The molecule has 0 bridgehead atoms. The SMILES string of the molecule is NC[C@H](CCCCO)c1ccc2c(c1)CC[C@H](COCCCC(F)(F)F)C2. The van der Waals surface area contributed by atoms with E-state index in [9.17, 15) is 13.2 Å². The van der Waals surface area contributed by atoms with Crippen LogP contribution in [0.1, 0.15) is 61.1 Å². The number of aliphatic hydroxyl groups is 1. The van der Waals surface area contributed by atoms with Crippen LogP contribution in [0, 0.1) is 5.92 Å². The highest BCUT2D eigenvalue weighted by Crippen LogP contribution is 2.30. The van der Waals surface area contributed by atoms with Gasteiger partial charge in [0, 0.05) is 26.2 Å². The predicted molar refractivity (Wildman–Crippen MR) is 101 cm³/mol. The lowest BCUT2D eigenvalue weighted by Gasteiger charge is -2.26. The summed E-state index contributed by atoms with van der Waals surface area (Å²) in [7, 11) is 0. The van der Waals surface area contributed by atoms with Crippen LogP contribution in [-0.2, 0) is 17.6 Å². The van der Waals surface area contributed by atoms with Crippen molar-refractivity contribution in [2.75, 3.05) is 26.4 Å². The maximum absolute atomic E-state index is 12.1. The van der Waals surface area contributed by atoms with Gasteiger partial charge < -0.3 is 15.6 Å². The Kier molecular flexibility index (Phi) is 9.06. The van der Waals surface area contributed by atoms with Gasteiger partial charge in [0.2, 0.25) is 0 Å². The molecule has 3 nitrogen and oxygen atoms in total. The number of hydrogen-bond donors (Lipinski definition) is 2. The number of aliphatic hydroxyl groups excluding tert-OH is 1. The van der Waals surface area contributed by atoms with Gasteiger partial charge >= 0.3 is 6.18 Å². The summed E-state index contributed by atoms with van der Waals surface area (Å²) in [6, 6.07) is 6.60. The zero-order valence-corrected chi connectivity index (χ0v) is 15.9. The third-order valence-corrected chi connectivity index (χ3v) is 5.38. The summed E-state index contributed by atoms with van der Waals surface area (Å²) in [5.41, 5.74) is 9.90. The summed E-state index contributed by atoms with van der Waals surface area (Å²) in [5, 5.41) is 8.94. The molecule has 0 unspecified atom stereocenters. The number of unbranched alkanes of at least 4 members (excludes halogenated alkanes) is 1. The van der Waals surface area contributed by atoms with Crippen molar-refractivity contribution in [2.45, 2.75) is 63.5 Å². The average molecular weight is 387 g/mol. The number of benzene rings is 1. The number of ether oxygens (including phenoxy) is 1. The molecule has 0 radical (unpaired) electrons. The molecular weight excluding hydrogens is 355 g/mol. The van der Waals surface area contributed by atoms with Gasteiger partial charge in [0.25, 0.3) is 0 Å². The Hall–Kier alpha value is -1.11. The Morgan fingerprint density at radius 1 is 1.19 bits per heavy atom. The Morgan fingerprint density at radius 2 is 2.00 bits per heavy atom. The van der Waals surface area contributed by atoms with Gasteiger partial charge in [0.15, 0.2) is 0 Å². The zero-order chi connectivity index (χ0) is 19.7. The van der Waals surface area contributed by atoms with Crippen molar-refractivity contribution < 1.29 is 23.0 Å². The van der Waals surface area contributed by atoms with E-state index in [0.717, 1.165) is 38.5 Å². The van der Waals surface area contributed by atoms with E-state index in [1.165, 1.54) is 16.7 Å². The van der Waals surface area contributed by atoms with E-state index in [2.05, 4.69) is 18.2 Å². The van der Waals surface area contributed by atoms with Crippen LogP contribution in [-0.4, -0.2) is 37.6 Å². The third kappa shape index (κ3) is 7.80. The summed E-state index contributed by atoms with van der Waals surface area (Å²) in [4.78, 5) is 0. The second kappa shape index (κ2) is 11.0. The quantitative estimate of drug-likeness (QED) is 0.555. The fraction of sp³-hybridized carbons (Fsp3) is 0.714. The van der Waals surface area contributed by atoms with E-state index in [-0.39, 0.29) is 19.6 Å². The lowest BCUT2D eigenvalue weighted by atomic mass is 9.81. The number of nitrogens with two attached hydrogens (primary N) is 1. The van der Waals surface area contributed by atoms with Crippen molar-refractivity contribution in [3.8, 4) is 0 Å². The number of hydrogen-bond acceptors (Lipinski definition) is 3. The standard InChI is InChI=1S/C21H32F3NO2/c22-21(23,24)9-3-11-27-15-16-5-6-18-13-19(8-7-17(18)12-16)20(14-25)4-1-2-10-26/h7-8,13,16,20,26H,1-6,9-12,14-15,25H2/t16-,20-/m0/s1. The van der Waals surface area contributed by atoms with Crippen molar-refractivity contribution in [1.29, 1.82) is 0 Å². The molecule has 154 valence electrons. The van der Waals surface area contributed by atoms with Crippen LogP contribution in [0.3, 0.4) is 0 Å². The molecule has 0 heterocycles. The second-order valence-electron chi connectivity index (χ2n) is 7.58. The second-order valence-corrected chi connectivity index (χ2v) is 7.58. The van der Waals surface area contributed by atoms with Gasteiger partial charge in [-0.25, -0.2) is 0 Å². The molecule has 0 fully saturated rings. The van der Waals surface area contributed by atoms with Crippen molar-refractivity contribution in [3.63, 3.8) is 0 Å². The summed E-state index contributed by atoms with van der Waals surface area (Å²) in [5.74, 6) is 0.709. The van der Waals surface area contributed by atoms with E-state index >= 15 is 0 Å². The number of aryl methyl sites for hydroxylation is 1. The minimum absolute atomic E-state index is 0.0346. The van der Waals surface area contributed by atoms with Crippen molar-refractivity contribution in [3.05, 3.63) is 34.9 Å². The first-order valence-electron chi connectivity index (χ1n) is 10.00. The molecule has 0 saturated carbocycles. The maximum Gasteiger partial charge on any atom is 0.389 e. The smallest absolute Gasteiger partial charge is 0.389 e. The average Bonchev–Trinajstić information content (AvgIpc) is 2.64. The van der Waals surface area contributed by atoms with Gasteiger partial charge in [0.1, 0.15) is 0 Å². The number of halogens is 3. The molecule has 0 saturated heterocycles. The van der Waals surface area contributed by atoms with Gasteiger partial charge in [-0.1, -0.05) is 24.6 Å². The minimum Gasteiger partial charge on any atom is -0.396 e. The van der Waals surface area contributed by atoms with E-state index < -0.39 is 12.6 Å². The summed E-state index contributed by atoms with van der Waals surface area (Å²) >= 11 is 0. The van der Waals surface area contributed by atoms with E-state index in [4.69, 9.17) is 15.6 Å². The molecule has 0 amide bonds. The molecule has 0 spiro atoms. The Balaban J connectivity index is 1.80. The lowest BCUT2D eigenvalue weighted by Crippen LogP contribution is -2.21. The summed E-state index contributed by atoms with van der Waals surface area (Å²) < 4.78 is 41.9. The fourth-order valence-corrected chi connectivity index (χ4v) is 3.79. The lowest BCUT2D eigenvalue weighted by molar-refractivity contribution is -0.138. The molecule has 1 aliphatic carbocycles. The molecule has 2 rings (SSSR count). The summed E-state index contributed by atoms with van der Waals surface area (Å²) in [6.07, 6.45) is 0.856. The van der Waals surface area contributed by atoms with Crippen molar-refractivity contribution in [2.24, 2.45) is 11.7 Å². The monoisotopic (exact) mass is 387 g/mol. The summed E-state index contributed by atoms with van der Waals surface area (Å²) in [6.45, 7) is 1.54. The Labute approximate surface area is 160 Å². The number of fused-ring (bicyclic) bond motifs is 1. The molecular formula is C21H32F3NO2. The molecule has 1 aliphatic rings. The molecule has 0 aromatic heterocycles. The third-order valence-electron chi connectivity index (χ3n) is 5.38. The zero-order valence-electron chi connectivity index (χ0n) is 15.9. The molecule has 6 heteroatoms. The first-order chi connectivity index (χ1) is 12.9. The van der Waals surface area contributed by atoms with Crippen LogP contribution in [0.5, 0.6) is 0 Å². The first-order valence-corrected chi connectivity index (χ1v) is 10.00. The van der Waals surface area contributed by atoms with Crippen LogP contribution in [0.15, 0.2) is 18.2 Å². The van der Waals surface area contributed by atoms with Gasteiger partial charge in [-0.05, 0) is 73.6 Å². The Morgan fingerprint density at radius 3 is 2.70 bits per heavy atom. The first kappa shape index (κ1) is 22.2. The van der Waals surface area contributed by atoms with E-state index in [1.807, 2.05) is 0 Å². The van der Waals surface area contributed by atoms with E-state index in [0.29, 0.717) is 25.0 Å². The molecule has 0 aliphatic heterocycles. The van der Waals surface area contributed by atoms with Gasteiger partial charge in [-0.3, -0.25) is 0 Å². The molecule has 2 atom stereocenters. The Bertz CT molecular complexity index is 563. The highest BCUT2D eigenvalue weighted by atomic mass is 19.4. The maximum atomic E-state index is 12.1. The molecule has 3 N–H and O–H groups in total. The molecule has 1 aromatic carbocycles. The van der Waals surface area contributed by atoms with E-state index in [1.54, 1.807) is 0 Å². The van der Waals surface area contributed by atoms with Crippen LogP contribution in [0.25, 0.3) is 0 Å². The highest BCUT2D eigenvalue weighted by molar-refractivity contribution is 5.36. The number of rotatable bonds is 11. The largest absolute Gasteiger partial charge is 0.396 e. The normalized spacial score (nSPS) is 18.3. The fourth-order valence-electron chi connectivity index (χ4n) is 3.79. The topological polar surface area (TPSA) is 55.5 Å². The van der Waals surface area contributed by atoms with Crippen molar-refractivity contribution in [1.82, 2.24) is 0 Å². The van der Waals surface area contributed by atoms with Crippen molar-refractivity contribution >= 4 is 0 Å². The van der Waals surface area contributed by atoms with Crippen LogP contribution >= 0.6 is 0 Å². The number of alkyl halides is 3. The van der Waals surface area contributed by atoms with Gasteiger partial charge in [-0.2, -0.15) is 13.2 Å². The molecule has 27 heavy (non-hydrogen) atoms. The van der Waals surface area contributed by atoms with Gasteiger partial charge in [0.05, 0.1) is 0 Å². The minimum atomic E-state index is -4.09. The molecule has 1 aromatic rings.